The zero-order chi connectivity index (χ0) is 13.0. The SMILES string of the molecule is COc1cccc(C(=O)N(C(C)C)C(C)C)c1.Cl. The fraction of sp³-hybridized carbons (Fsp3) is 0.500. The summed E-state index contributed by atoms with van der Waals surface area (Å²) in [6.07, 6.45) is 0. The van der Waals surface area contributed by atoms with E-state index in [4.69, 9.17) is 4.74 Å². The van der Waals surface area contributed by atoms with Gasteiger partial charge < -0.3 is 9.64 Å². The smallest absolute Gasteiger partial charge is 0.254 e. The highest BCUT2D eigenvalue weighted by Crippen LogP contribution is 2.17. The molecule has 0 saturated heterocycles. The van der Waals surface area contributed by atoms with E-state index >= 15 is 0 Å². The van der Waals surface area contributed by atoms with E-state index < -0.39 is 0 Å². The van der Waals surface area contributed by atoms with E-state index in [1.807, 2.05) is 50.8 Å². The quantitative estimate of drug-likeness (QED) is 0.840. The molecule has 0 aliphatic heterocycles. The molecule has 0 saturated carbocycles. The molecule has 1 aromatic rings. The van der Waals surface area contributed by atoms with Crippen molar-refractivity contribution in [2.45, 2.75) is 39.8 Å². The molecule has 0 aliphatic carbocycles. The van der Waals surface area contributed by atoms with Gasteiger partial charge in [-0.3, -0.25) is 4.79 Å². The summed E-state index contributed by atoms with van der Waals surface area (Å²) in [6, 6.07) is 7.65. The topological polar surface area (TPSA) is 29.5 Å². The molecule has 0 aromatic heterocycles. The third kappa shape index (κ3) is 3.91. The largest absolute Gasteiger partial charge is 0.497 e. The van der Waals surface area contributed by atoms with Crippen LogP contribution in [0.2, 0.25) is 0 Å². The monoisotopic (exact) mass is 271 g/mol. The molecule has 0 N–H and O–H groups in total. The zero-order valence-electron chi connectivity index (χ0n) is 11.6. The molecule has 4 heteroatoms. The minimum atomic E-state index is 0. The number of hydrogen-bond acceptors (Lipinski definition) is 2. The van der Waals surface area contributed by atoms with Crippen molar-refractivity contribution in [3.63, 3.8) is 0 Å². The number of halogens is 1. The third-order valence-corrected chi connectivity index (χ3v) is 2.66. The molecule has 0 aliphatic rings. The second-order valence-corrected chi connectivity index (χ2v) is 4.63. The summed E-state index contributed by atoms with van der Waals surface area (Å²) in [5.41, 5.74) is 0.673. The van der Waals surface area contributed by atoms with Crippen molar-refractivity contribution >= 4 is 18.3 Å². The molecule has 3 nitrogen and oxygen atoms in total. The molecular formula is C14H22ClNO2. The van der Waals surface area contributed by atoms with Gasteiger partial charge in [-0.25, -0.2) is 0 Å². The van der Waals surface area contributed by atoms with Crippen LogP contribution in [-0.4, -0.2) is 30.0 Å². The van der Waals surface area contributed by atoms with E-state index in [1.165, 1.54) is 0 Å². The molecule has 1 rings (SSSR count). The van der Waals surface area contributed by atoms with Crippen LogP contribution in [0.4, 0.5) is 0 Å². The molecule has 0 spiro atoms. The summed E-state index contributed by atoms with van der Waals surface area (Å²) in [6.45, 7) is 8.10. The molecule has 0 bridgehead atoms. The van der Waals surface area contributed by atoms with Crippen LogP contribution in [-0.2, 0) is 0 Å². The van der Waals surface area contributed by atoms with Crippen LogP contribution in [0.5, 0.6) is 5.75 Å². The lowest BCUT2D eigenvalue weighted by Gasteiger charge is -2.30. The number of rotatable bonds is 4. The summed E-state index contributed by atoms with van der Waals surface area (Å²) < 4.78 is 5.13. The molecule has 18 heavy (non-hydrogen) atoms. The van der Waals surface area contributed by atoms with Crippen molar-refractivity contribution in [2.75, 3.05) is 7.11 Å². The summed E-state index contributed by atoms with van der Waals surface area (Å²) in [5, 5.41) is 0. The van der Waals surface area contributed by atoms with Crippen LogP contribution in [0.15, 0.2) is 24.3 Å². The molecule has 102 valence electrons. The first-order valence-corrected chi connectivity index (χ1v) is 5.94. The third-order valence-electron chi connectivity index (χ3n) is 2.66. The van der Waals surface area contributed by atoms with Crippen LogP contribution in [0.3, 0.4) is 0 Å². The van der Waals surface area contributed by atoms with Crippen LogP contribution < -0.4 is 4.74 Å². The van der Waals surface area contributed by atoms with Gasteiger partial charge in [-0.2, -0.15) is 0 Å². The van der Waals surface area contributed by atoms with Gasteiger partial charge >= 0.3 is 0 Å². The number of carbonyl (C=O) groups excluding carboxylic acids is 1. The lowest BCUT2D eigenvalue weighted by atomic mass is 10.1. The maximum Gasteiger partial charge on any atom is 0.254 e. The number of methoxy groups -OCH3 is 1. The van der Waals surface area contributed by atoms with Gasteiger partial charge in [0.15, 0.2) is 0 Å². The van der Waals surface area contributed by atoms with Crippen molar-refractivity contribution in [1.82, 2.24) is 4.90 Å². The predicted octanol–water partition coefficient (Wildman–Crippen LogP) is 3.38. The number of amides is 1. The van der Waals surface area contributed by atoms with Crippen LogP contribution in [0.25, 0.3) is 0 Å². The van der Waals surface area contributed by atoms with Gasteiger partial charge in [0.25, 0.3) is 5.91 Å². The van der Waals surface area contributed by atoms with Gasteiger partial charge in [-0.1, -0.05) is 6.07 Å². The number of benzene rings is 1. The molecule has 0 unspecified atom stereocenters. The van der Waals surface area contributed by atoms with Gasteiger partial charge in [0.05, 0.1) is 7.11 Å². The summed E-state index contributed by atoms with van der Waals surface area (Å²) in [7, 11) is 1.60. The number of nitrogens with zero attached hydrogens (tertiary/aromatic N) is 1. The Labute approximate surface area is 116 Å². The Morgan fingerprint density at radius 2 is 1.72 bits per heavy atom. The average Bonchev–Trinajstić information content (AvgIpc) is 2.28. The van der Waals surface area contributed by atoms with Crippen LogP contribution >= 0.6 is 12.4 Å². The van der Waals surface area contributed by atoms with E-state index in [-0.39, 0.29) is 30.4 Å². The van der Waals surface area contributed by atoms with Gasteiger partial charge in [-0.05, 0) is 45.9 Å². The Hall–Kier alpha value is -1.22. The fourth-order valence-corrected chi connectivity index (χ4v) is 1.97. The van der Waals surface area contributed by atoms with Crippen molar-refractivity contribution < 1.29 is 9.53 Å². The zero-order valence-corrected chi connectivity index (χ0v) is 12.5. The highest BCUT2D eigenvalue weighted by molar-refractivity contribution is 5.95. The normalized spacial score (nSPS) is 10.2. The van der Waals surface area contributed by atoms with Gasteiger partial charge in [0, 0.05) is 17.6 Å². The van der Waals surface area contributed by atoms with Gasteiger partial charge in [-0.15, -0.1) is 12.4 Å². The Morgan fingerprint density at radius 1 is 1.17 bits per heavy atom. The summed E-state index contributed by atoms with van der Waals surface area (Å²) in [5.74, 6) is 0.761. The van der Waals surface area contributed by atoms with Crippen molar-refractivity contribution in [2.24, 2.45) is 0 Å². The van der Waals surface area contributed by atoms with Gasteiger partial charge in [0.1, 0.15) is 5.75 Å². The van der Waals surface area contributed by atoms with Crippen molar-refractivity contribution in [3.05, 3.63) is 29.8 Å². The Kier molecular flexibility index (Phi) is 6.77. The highest BCUT2D eigenvalue weighted by atomic mass is 35.5. The van der Waals surface area contributed by atoms with E-state index in [0.29, 0.717) is 11.3 Å². The molecule has 1 aromatic carbocycles. The highest BCUT2D eigenvalue weighted by Gasteiger charge is 2.21. The summed E-state index contributed by atoms with van der Waals surface area (Å²) in [4.78, 5) is 14.2. The van der Waals surface area contributed by atoms with E-state index in [2.05, 4.69) is 0 Å². The standard InChI is InChI=1S/C14H21NO2.ClH/c1-10(2)15(11(3)4)14(16)12-7-6-8-13(9-12)17-5;/h6-11H,1-5H3;1H. The molecule has 0 radical (unpaired) electrons. The number of ether oxygens (including phenoxy) is 1. The maximum atomic E-state index is 12.4. The molecule has 1 amide bonds. The predicted molar refractivity (Wildman–Crippen MR) is 76.7 cm³/mol. The van der Waals surface area contributed by atoms with E-state index in [1.54, 1.807) is 13.2 Å². The molecular weight excluding hydrogens is 250 g/mol. The first kappa shape index (κ1) is 16.8. The minimum Gasteiger partial charge on any atom is -0.497 e. The Morgan fingerprint density at radius 3 is 2.17 bits per heavy atom. The Bertz CT molecular complexity index is 383. The van der Waals surface area contributed by atoms with E-state index in [0.717, 1.165) is 0 Å². The second kappa shape index (κ2) is 7.27. The molecule has 0 heterocycles. The van der Waals surface area contributed by atoms with Crippen molar-refractivity contribution in [3.8, 4) is 5.75 Å². The van der Waals surface area contributed by atoms with Crippen molar-refractivity contribution in [1.29, 1.82) is 0 Å². The minimum absolute atomic E-state index is 0. The van der Waals surface area contributed by atoms with Crippen LogP contribution in [0, 0.1) is 0 Å². The number of hydrogen-bond donors (Lipinski definition) is 0. The average molecular weight is 272 g/mol. The number of carbonyl (C=O) groups is 1. The second-order valence-electron chi connectivity index (χ2n) is 4.63. The lowest BCUT2D eigenvalue weighted by molar-refractivity contribution is 0.0643. The van der Waals surface area contributed by atoms with Gasteiger partial charge in [0.2, 0.25) is 0 Å². The Balaban J connectivity index is 0.00000289. The lowest BCUT2D eigenvalue weighted by Crippen LogP contribution is -2.42. The fourth-order valence-electron chi connectivity index (χ4n) is 1.97. The summed E-state index contributed by atoms with van der Waals surface area (Å²) >= 11 is 0. The molecule has 0 atom stereocenters. The molecule has 0 fully saturated rings. The maximum absolute atomic E-state index is 12.4. The van der Waals surface area contributed by atoms with Crippen LogP contribution in [0.1, 0.15) is 38.1 Å². The first-order chi connectivity index (χ1) is 7.97. The first-order valence-electron chi connectivity index (χ1n) is 5.94. The van der Waals surface area contributed by atoms with E-state index in [9.17, 15) is 4.79 Å².